The maximum Gasteiger partial charge on any atom is 0.225 e. The molecule has 0 aliphatic heterocycles. The van der Waals surface area contributed by atoms with Crippen LogP contribution in [0.3, 0.4) is 0 Å². The Bertz CT molecular complexity index is 452. The number of anilines is 2. The maximum atomic E-state index is 12.0. The molecule has 0 aliphatic rings. The smallest absolute Gasteiger partial charge is 0.225 e. The van der Waals surface area contributed by atoms with Gasteiger partial charge in [-0.1, -0.05) is 0 Å². The Balaban J connectivity index is 2.40. The third-order valence-corrected chi connectivity index (χ3v) is 3.11. The van der Waals surface area contributed by atoms with Crippen LogP contribution in [0.1, 0.15) is 12.8 Å². The van der Waals surface area contributed by atoms with Gasteiger partial charge in [0.2, 0.25) is 5.91 Å². The first kappa shape index (κ1) is 17.3. The van der Waals surface area contributed by atoms with Crippen LogP contribution >= 0.6 is 0 Å². The monoisotopic (exact) mass is 295 g/mol. The summed E-state index contributed by atoms with van der Waals surface area (Å²) >= 11 is 0. The summed E-state index contributed by atoms with van der Waals surface area (Å²) in [5.74, 6) is 0.522. The summed E-state index contributed by atoms with van der Waals surface area (Å²) < 4.78 is 10.2. The van der Waals surface area contributed by atoms with Crippen LogP contribution in [-0.4, -0.2) is 51.8 Å². The zero-order chi connectivity index (χ0) is 15.7. The van der Waals surface area contributed by atoms with E-state index >= 15 is 0 Å². The minimum atomic E-state index is -0.0448. The highest BCUT2D eigenvalue weighted by Gasteiger charge is 2.09. The van der Waals surface area contributed by atoms with Gasteiger partial charge in [-0.05, 0) is 25.6 Å². The average molecular weight is 295 g/mol. The molecule has 0 aliphatic carbocycles. The number of amides is 1. The van der Waals surface area contributed by atoms with Gasteiger partial charge in [-0.25, -0.2) is 0 Å². The third kappa shape index (κ3) is 6.46. The highest BCUT2D eigenvalue weighted by Crippen LogP contribution is 2.26. The normalized spacial score (nSPS) is 10.7. The Morgan fingerprint density at radius 2 is 2.10 bits per heavy atom. The fourth-order valence-corrected chi connectivity index (χ4v) is 1.91. The van der Waals surface area contributed by atoms with Crippen LogP contribution in [0.25, 0.3) is 0 Å². The van der Waals surface area contributed by atoms with E-state index in [9.17, 15) is 4.79 Å². The molecule has 6 nitrogen and oxygen atoms in total. The lowest BCUT2D eigenvalue weighted by atomic mass is 10.2. The van der Waals surface area contributed by atoms with Crippen molar-refractivity contribution in [2.75, 3.05) is 52.0 Å². The summed E-state index contributed by atoms with van der Waals surface area (Å²) in [6.45, 7) is 2.35. The van der Waals surface area contributed by atoms with Gasteiger partial charge in [0.25, 0.3) is 0 Å². The van der Waals surface area contributed by atoms with Crippen molar-refractivity contribution in [1.82, 2.24) is 4.90 Å². The molecule has 0 aromatic heterocycles. The van der Waals surface area contributed by atoms with E-state index in [-0.39, 0.29) is 5.91 Å². The summed E-state index contributed by atoms with van der Waals surface area (Å²) in [6, 6.07) is 5.16. The van der Waals surface area contributed by atoms with Gasteiger partial charge in [0.05, 0.1) is 12.8 Å². The largest absolute Gasteiger partial charge is 0.494 e. The zero-order valence-electron chi connectivity index (χ0n) is 13.0. The maximum absolute atomic E-state index is 12.0. The number of hydrogen-bond donors (Lipinski definition) is 2. The topological polar surface area (TPSA) is 76.8 Å². The molecule has 0 bridgehead atoms. The van der Waals surface area contributed by atoms with Crippen LogP contribution in [0, 0.1) is 0 Å². The van der Waals surface area contributed by atoms with E-state index in [2.05, 4.69) is 10.2 Å². The highest BCUT2D eigenvalue weighted by molar-refractivity contribution is 5.92. The van der Waals surface area contributed by atoms with E-state index in [1.807, 2.05) is 7.05 Å². The number of benzene rings is 1. The summed E-state index contributed by atoms with van der Waals surface area (Å²) in [5.41, 5.74) is 6.92. The second-order valence-electron chi connectivity index (χ2n) is 4.91. The van der Waals surface area contributed by atoms with Gasteiger partial charge in [-0.15, -0.1) is 0 Å². The Labute approximate surface area is 126 Å². The van der Waals surface area contributed by atoms with Gasteiger partial charge in [-0.3, -0.25) is 4.79 Å². The number of carbonyl (C=O) groups is 1. The van der Waals surface area contributed by atoms with E-state index < -0.39 is 0 Å². The van der Waals surface area contributed by atoms with Crippen LogP contribution < -0.4 is 15.8 Å². The van der Waals surface area contributed by atoms with Crippen LogP contribution in [0.4, 0.5) is 11.4 Å². The van der Waals surface area contributed by atoms with Crippen molar-refractivity contribution in [2.45, 2.75) is 12.8 Å². The Hall–Kier alpha value is -1.79. The quantitative estimate of drug-likeness (QED) is 0.534. The van der Waals surface area contributed by atoms with Gasteiger partial charge in [0.1, 0.15) is 5.75 Å². The van der Waals surface area contributed by atoms with E-state index in [1.54, 1.807) is 32.4 Å². The summed E-state index contributed by atoms with van der Waals surface area (Å²) in [4.78, 5) is 14.1. The second-order valence-corrected chi connectivity index (χ2v) is 4.91. The molecule has 0 spiro atoms. The van der Waals surface area contributed by atoms with Gasteiger partial charge >= 0.3 is 0 Å². The van der Waals surface area contributed by atoms with Gasteiger partial charge in [0, 0.05) is 45.0 Å². The highest BCUT2D eigenvalue weighted by atomic mass is 16.5. The molecule has 0 fully saturated rings. The molecule has 3 N–H and O–H groups in total. The molecule has 0 heterocycles. The lowest BCUT2D eigenvalue weighted by molar-refractivity contribution is -0.116. The number of nitrogens with two attached hydrogens (primary N) is 1. The summed E-state index contributed by atoms with van der Waals surface area (Å²) in [5, 5.41) is 2.84. The lowest BCUT2D eigenvalue weighted by Crippen LogP contribution is -2.26. The van der Waals surface area contributed by atoms with Crippen LogP contribution in [-0.2, 0) is 9.53 Å². The molecule has 0 unspecified atom stereocenters. The molecular weight excluding hydrogens is 270 g/mol. The van der Waals surface area contributed by atoms with Gasteiger partial charge < -0.3 is 25.4 Å². The van der Waals surface area contributed by atoms with Crippen molar-refractivity contribution in [2.24, 2.45) is 0 Å². The lowest BCUT2D eigenvalue weighted by Gasteiger charge is -2.16. The molecule has 0 saturated heterocycles. The van der Waals surface area contributed by atoms with Gasteiger partial charge in [-0.2, -0.15) is 0 Å². The standard InChI is InChI=1S/C15H25N3O3/c1-18(8-4-10-20-2)9-7-15(19)17-13-6-5-12(16)11-14(13)21-3/h5-6,11H,4,7-10,16H2,1-3H3,(H,17,19). The van der Waals surface area contributed by atoms with E-state index in [4.69, 9.17) is 15.2 Å². The number of hydrogen-bond acceptors (Lipinski definition) is 5. The fourth-order valence-electron chi connectivity index (χ4n) is 1.91. The first-order valence-corrected chi connectivity index (χ1v) is 6.97. The van der Waals surface area contributed by atoms with Crippen molar-refractivity contribution < 1.29 is 14.3 Å². The minimum absolute atomic E-state index is 0.0448. The first-order chi connectivity index (χ1) is 10.1. The molecule has 118 valence electrons. The van der Waals surface area contributed by atoms with Crippen LogP contribution in [0.5, 0.6) is 5.75 Å². The molecule has 6 heteroatoms. The fraction of sp³-hybridized carbons (Fsp3) is 0.533. The van der Waals surface area contributed by atoms with Crippen molar-refractivity contribution >= 4 is 17.3 Å². The second kappa shape index (κ2) is 9.20. The summed E-state index contributed by atoms with van der Waals surface area (Å²) in [6.07, 6.45) is 1.39. The van der Waals surface area contributed by atoms with Crippen molar-refractivity contribution in [1.29, 1.82) is 0 Å². The Morgan fingerprint density at radius 1 is 1.33 bits per heavy atom. The Kier molecular flexibility index (Phi) is 7.56. The molecule has 1 rings (SSSR count). The Morgan fingerprint density at radius 3 is 2.76 bits per heavy atom. The molecular formula is C15H25N3O3. The molecule has 0 radical (unpaired) electrons. The minimum Gasteiger partial charge on any atom is -0.494 e. The zero-order valence-corrected chi connectivity index (χ0v) is 13.0. The van der Waals surface area contributed by atoms with Crippen molar-refractivity contribution in [3.8, 4) is 5.75 Å². The average Bonchev–Trinajstić information content (AvgIpc) is 2.47. The number of nitrogens with one attached hydrogen (secondary N) is 1. The molecule has 21 heavy (non-hydrogen) atoms. The van der Waals surface area contributed by atoms with E-state index in [0.29, 0.717) is 30.1 Å². The molecule has 1 aromatic rings. The number of ether oxygens (including phenoxy) is 2. The molecule has 0 atom stereocenters. The number of rotatable bonds is 9. The number of nitrogens with zero attached hydrogens (tertiary/aromatic N) is 1. The van der Waals surface area contributed by atoms with E-state index in [0.717, 1.165) is 19.6 Å². The molecule has 1 amide bonds. The van der Waals surface area contributed by atoms with Crippen molar-refractivity contribution in [3.05, 3.63) is 18.2 Å². The molecule has 1 aromatic carbocycles. The SMILES string of the molecule is COCCCN(C)CCC(=O)Nc1ccc(N)cc1OC. The predicted octanol–water partition coefficient (Wildman–Crippen LogP) is 1.57. The van der Waals surface area contributed by atoms with Crippen LogP contribution in [0.2, 0.25) is 0 Å². The van der Waals surface area contributed by atoms with Crippen LogP contribution in [0.15, 0.2) is 18.2 Å². The number of nitrogen functional groups attached to an aromatic ring is 1. The first-order valence-electron chi connectivity index (χ1n) is 6.97. The van der Waals surface area contributed by atoms with Crippen molar-refractivity contribution in [3.63, 3.8) is 0 Å². The number of carbonyl (C=O) groups excluding carboxylic acids is 1. The predicted molar refractivity (Wildman–Crippen MR) is 84.6 cm³/mol. The summed E-state index contributed by atoms with van der Waals surface area (Å²) in [7, 11) is 5.23. The third-order valence-electron chi connectivity index (χ3n) is 3.11. The van der Waals surface area contributed by atoms with Gasteiger partial charge in [0.15, 0.2) is 0 Å². The van der Waals surface area contributed by atoms with E-state index in [1.165, 1.54) is 0 Å². The molecule has 0 saturated carbocycles. The number of methoxy groups -OCH3 is 2.